The highest BCUT2D eigenvalue weighted by Gasteiger charge is 2.19. The molecule has 5 nitrogen and oxygen atoms in total. The Morgan fingerprint density at radius 1 is 1.25 bits per heavy atom. The fourth-order valence-electron chi connectivity index (χ4n) is 2.12. The summed E-state index contributed by atoms with van der Waals surface area (Å²) in [6.07, 6.45) is 0. The van der Waals surface area contributed by atoms with E-state index < -0.39 is 11.8 Å². The van der Waals surface area contributed by atoms with E-state index in [1.807, 2.05) is 0 Å². The molecule has 0 radical (unpaired) electrons. The van der Waals surface area contributed by atoms with Gasteiger partial charge in [0, 0.05) is 5.56 Å². The van der Waals surface area contributed by atoms with Crippen molar-refractivity contribution in [2.45, 2.75) is 0 Å². The van der Waals surface area contributed by atoms with Gasteiger partial charge in [0.1, 0.15) is 16.6 Å². The number of nitrogens with zero attached hydrogens (tertiary/aromatic N) is 1. The van der Waals surface area contributed by atoms with E-state index in [1.165, 1.54) is 12.1 Å². The van der Waals surface area contributed by atoms with Gasteiger partial charge in [-0.25, -0.2) is 14.2 Å². The van der Waals surface area contributed by atoms with Gasteiger partial charge in [-0.3, -0.25) is 0 Å². The maximum atomic E-state index is 13.8. The summed E-state index contributed by atoms with van der Waals surface area (Å²) in [5, 5.41) is 12.6. The Morgan fingerprint density at radius 2 is 2.04 bits per heavy atom. The van der Waals surface area contributed by atoms with Crippen LogP contribution in [0.3, 0.4) is 0 Å². The number of halogens is 1. The summed E-state index contributed by atoms with van der Waals surface area (Å²) in [4.78, 5) is 15.8. The zero-order valence-electron chi connectivity index (χ0n) is 12.6. The van der Waals surface area contributed by atoms with E-state index in [2.05, 4.69) is 10.3 Å². The highest BCUT2D eigenvalue weighted by Crippen LogP contribution is 2.34. The first-order valence-corrected chi connectivity index (χ1v) is 7.80. The van der Waals surface area contributed by atoms with Gasteiger partial charge in [-0.05, 0) is 24.3 Å². The van der Waals surface area contributed by atoms with Gasteiger partial charge in [0.05, 0.1) is 12.8 Å². The number of hydrogen-bond donors (Lipinski definition) is 2. The van der Waals surface area contributed by atoms with Crippen molar-refractivity contribution in [1.82, 2.24) is 4.98 Å². The van der Waals surface area contributed by atoms with Crippen molar-refractivity contribution >= 4 is 28.8 Å². The standard InChI is InChI=1S/C17H13FN2O3S/c1-23-11-6-4-5-10(9-11)16-20-15(14(24-16)17(21)22)19-13-8-3-2-7-12(13)18/h2-9,19H,1H3,(H,21,22). The van der Waals surface area contributed by atoms with E-state index in [-0.39, 0.29) is 16.4 Å². The topological polar surface area (TPSA) is 71.5 Å². The van der Waals surface area contributed by atoms with Gasteiger partial charge in [-0.1, -0.05) is 24.3 Å². The molecular formula is C17H13FN2O3S. The van der Waals surface area contributed by atoms with Gasteiger partial charge in [-0.2, -0.15) is 0 Å². The Labute approximate surface area is 141 Å². The average molecular weight is 344 g/mol. The number of aromatic carboxylic acids is 1. The van der Waals surface area contributed by atoms with E-state index in [0.29, 0.717) is 10.8 Å². The lowest BCUT2D eigenvalue weighted by molar-refractivity contribution is 0.0703. The largest absolute Gasteiger partial charge is 0.497 e. The number of carboxylic acids is 1. The van der Waals surface area contributed by atoms with Crippen LogP contribution in [0.4, 0.5) is 15.9 Å². The number of hydrogen-bond acceptors (Lipinski definition) is 5. The van der Waals surface area contributed by atoms with E-state index in [4.69, 9.17) is 4.74 Å². The number of ether oxygens (including phenoxy) is 1. The van der Waals surface area contributed by atoms with Crippen molar-refractivity contribution in [3.63, 3.8) is 0 Å². The summed E-state index contributed by atoms with van der Waals surface area (Å²) in [6.45, 7) is 0. The molecule has 2 N–H and O–H groups in total. The predicted molar refractivity (Wildman–Crippen MR) is 90.7 cm³/mol. The number of anilines is 2. The number of nitrogens with one attached hydrogen (secondary N) is 1. The fourth-order valence-corrected chi connectivity index (χ4v) is 2.98. The van der Waals surface area contributed by atoms with Crippen LogP contribution in [0.1, 0.15) is 9.67 Å². The van der Waals surface area contributed by atoms with Crippen LogP contribution >= 0.6 is 11.3 Å². The summed E-state index contributed by atoms with van der Waals surface area (Å²) < 4.78 is 19.0. The number of aromatic nitrogens is 1. The number of thiazole rings is 1. The molecule has 0 aliphatic rings. The van der Waals surface area contributed by atoms with Gasteiger partial charge in [-0.15, -0.1) is 11.3 Å². The first kappa shape index (κ1) is 15.9. The molecule has 3 aromatic rings. The summed E-state index contributed by atoms with van der Waals surface area (Å²) in [5.74, 6) is -0.858. The van der Waals surface area contributed by atoms with Crippen molar-refractivity contribution < 1.29 is 19.0 Å². The molecule has 0 spiro atoms. The second-order valence-electron chi connectivity index (χ2n) is 4.84. The predicted octanol–water partition coefficient (Wildman–Crippen LogP) is 4.40. The van der Waals surface area contributed by atoms with Crippen molar-refractivity contribution in [2.24, 2.45) is 0 Å². The van der Waals surface area contributed by atoms with Gasteiger partial charge in [0.2, 0.25) is 0 Å². The van der Waals surface area contributed by atoms with Crippen LogP contribution in [0.2, 0.25) is 0 Å². The molecule has 0 fully saturated rings. The third-order valence-corrected chi connectivity index (χ3v) is 4.36. The fraction of sp³-hybridized carbons (Fsp3) is 0.0588. The molecule has 0 atom stereocenters. The molecule has 0 aliphatic heterocycles. The molecule has 0 saturated carbocycles. The highest BCUT2D eigenvalue weighted by atomic mass is 32.1. The first-order chi connectivity index (χ1) is 11.6. The number of para-hydroxylation sites is 1. The van der Waals surface area contributed by atoms with Crippen molar-refractivity contribution in [2.75, 3.05) is 12.4 Å². The van der Waals surface area contributed by atoms with Crippen LogP contribution in [0.15, 0.2) is 48.5 Å². The molecule has 0 saturated heterocycles. The molecular weight excluding hydrogens is 331 g/mol. The van der Waals surface area contributed by atoms with E-state index in [9.17, 15) is 14.3 Å². The summed E-state index contributed by atoms with van der Waals surface area (Å²) in [7, 11) is 1.55. The summed E-state index contributed by atoms with van der Waals surface area (Å²) >= 11 is 1.01. The SMILES string of the molecule is COc1cccc(-c2nc(Nc3ccccc3F)c(C(=O)O)s2)c1. The Morgan fingerprint density at radius 3 is 2.75 bits per heavy atom. The second kappa shape index (κ2) is 6.67. The Kier molecular flexibility index (Phi) is 4.43. The molecule has 1 aromatic heterocycles. The van der Waals surface area contributed by atoms with E-state index in [1.54, 1.807) is 43.5 Å². The summed E-state index contributed by atoms with van der Waals surface area (Å²) in [6, 6.07) is 13.2. The summed E-state index contributed by atoms with van der Waals surface area (Å²) in [5.41, 5.74) is 0.894. The molecule has 2 aromatic carbocycles. The van der Waals surface area contributed by atoms with Gasteiger partial charge >= 0.3 is 5.97 Å². The van der Waals surface area contributed by atoms with Crippen molar-refractivity contribution in [3.05, 3.63) is 59.2 Å². The second-order valence-corrected chi connectivity index (χ2v) is 5.84. The van der Waals surface area contributed by atoms with E-state index in [0.717, 1.165) is 16.9 Å². The maximum absolute atomic E-state index is 13.8. The lowest BCUT2D eigenvalue weighted by Crippen LogP contribution is -2.01. The number of rotatable bonds is 5. The van der Waals surface area contributed by atoms with Crippen LogP contribution in [0.25, 0.3) is 10.6 Å². The van der Waals surface area contributed by atoms with E-state index >= 15 is 0 Å². The zero-order valence-corrected chi connectivity index (χ0v) is 13.4. The van der Waals surface area contributed by atoms with Crippen LogP contribution in [-0.4, -0.2) is 23.2 Å². The van der Waals surface area contributed by atoms with Crippen molar-refractivity contribution in [1.29, 1.82) is 0 Å². The van der Waals surface area contributed by atoms with Gasteiger partial charge in [0.25, 0.3) is 0 Å². The number of carboxylic acid groups (broad SMARTS) is 1. The van der Waals surface area contributed by atoms with Gasteiger partial charge < -0.3 is 15.2 Å². The first-order valence-electron chi connectivity index (χ1n) is 6.98. The number of methoxy groups -OCH3 is 1. The molecule has 1 heterocycles. The highest BCUT2D eigenvalue weighted by molar-refractivity contribution is 7.17. The molecule has 0 unspecified atom stereocenters. The molecule has 24 heavy (non-hydrogen) atoms. The quantitative estimate of drug-likeness (QED) is 0.718. The Hall–Kier alpha value is -2.93. The molecule has 0 aliphatic carbocycles. The molecule has 7 heteroatoms. The van der Waals surface area contributed by atoms with Crippen LogP contribution in [0.5, 0.6) is 5.75 Å². The smallest absolute Gasteiger partial charge is 0.349 e. The minimum absolute atomic E-state index is 0.0103. The Balaban J connectivity index is 2.02. The van der Waals surface area contributed by atoms with Crippen LogP contribution in [0, 0.1) is 5.82 Å². The lowest BCUT2D eigenvalue weighted by Gasteiger charge is -2.05. The lowest BCUT2D eigenvalue weighted by atomic mass is 10.2. The molecule has 0 amide bonds. The third kappa shape index (κ3) is 3.21. The van der Waals surface area contributed by atoms with Gasteiger partial charge in [0.15, 0.2) is 10.7 Å². The zero-order chi connectivity index (χ0) is 17.1. The van der Waals surface area contributed by atoms with Crippen LogP contribution in [-0.2, 0) is 0 Å². The number of carbonyl (C=O) groups is 1. The van der Waals surface area contributed by atoms with Crippen molar-refractivity contribution in [3.8, 4) is 16.3 Å². The monoisotopic (exact) mass is 344 g/mol. The molecule has 122 valence electrons. The minimum atomic E-state index is -1.12. The molecule has 0 bridgehead atoms. The Bertz CT molecular complexity index is 895. The minimum Gasteiger partial charge on any atom is -0.497 e. The maximum Gasteiger partial charge on any atom is 0.349 e. The molecule has 3 rings (SSSR count). The average Bonchev–Trinajstić information content (AvgIpc) is 3.01. The van der Waals surface area contributed by atoms with Crippen LogP contribution < -0.4 is 10.1 Å². The third-order valence-electron chi connectivity index (χ3n) is 3.27. The number of benzene rings is 2. The normalized spacial score (nSPS) is 10.4.